The summed E-state index contributed by atoms with van der Waals surface area (Å²) in [6, 6.07) is 6.07. The molecule has 1 aliphatic heterocycles. The number of morpholine rings is 1. The second-order valence-corrected chi connectivity index (χ2v) is 4.73. The van der Waals surface area contributed by atoms with Crippen LogP contribution in [0.4, 0.5) is 5.69 Å². The largest absolute Gasteiger partial charge is 0.378 e. The van der Waals surface area contributed by atoms with E-state index in [9.17, 15) is 4.79 Å². The highest BCUT2D eigenvalue weighted by molar-refractivity contribution is 5.92. The lowest BCUT2D eigenvalue weighted by Crippen LogP contribution is -2.43. The van der Waals surface area contributed by atoms with E-state index in [0.717, 1.165) is 24.4 Å². The summed E-state index contributed by atoms with van der Waals surface area (Å²) in [5.74, 6) is 0.0340. The van der Waals surface area contributed by atoms with Crippen LogP contribution in [-0.2, 0) is 9.53 Å². The predicted molar refractivity (Wildman–Crippen MR) is 79.0 cm³/mol. The topological polar surface area (TPSA) is 50.4 Å². The SMILES string of the molecule is Cc1cccc(NC(=O)CC2COCCN2)c1C.Cl. The summed E-state index contributed by atoms with van der Waals surface area (Å²) in [5, 5.41) is 6.24. The molecule has 1 aromatic rings. The van der Waals surface area contributed by atoms with Crippen LogP contribution in [0.25, 0.3) is 0 Å². The molecular weight excluding hydrogens is 264 g/mol. The molecule has 1 fully saturated rings. The minimum atomic E-state index is 0. The molecule has 1 aromatic carbocycles. The van der Waals surface area contributed by atoms with E-state index in [1.165, 1.54) is 5.56 Å². The zero-order chi connectivity index (χ0) is 13.0. The van der Waals surface area contributed by atoms with E-state index in [1.807, 2.05) is 32.0 Å². The zero-order valence-electron chi connectivity index (χ0n) is 11.4. The first-order valence-electron chi connectivity index (χ1n) is 6.34. The molecule has 19 heavy (non-hydrogen) atoms. The number of ether oxygens (including phenoxy) is 1. The van der Waals surface area contributed by atoms with Crippen molar-refractivity contribution in [1.82, 2.24) is 5.32 Å². The molecule has 1 aliphatic rings. The Morgan fingerprint density at radius 1 is 1.47 bits per heavy atom. The van der Waals surface area contributed by atoms with E-state index < -0.39 is 0 Å². The third-order valence-electron chi connectivity index (χ3n) is 3.31. The Morgan fingerprint density at radius 2 is 2.26 bits per heavy atom. The second-order valence-electron chi connectivity index (χ2n) is 4.73. The Labute approximate surface area is 120 Å². The van der Waals surface area contributed by atoms with Crippen molar-refractivity contribution in [1.29, 1.82) is 0 Å². The maximum absolute atomic E-state index is 11.9. The molecule has 1 amide bonds. The first-order valence-corrected chi connectivity index (χ1v) is 6.34. The maximum atomic E-state index is 11.9. The van der Waals surface area contributed by atoms with Crippen molar-refractivity contribution in [3.63, 3.8) is 0 Å². The lowest BCUT2D eigenvalue weighted by molar-refractivity contribution is -0.117. The van der Waals surface area contributed by atoms with E-state index in [2.05, 4.69) is 10.6 Å². The third kappa shape index (κ3) is 4.49. The van der Waals surface area contributed by atoms with Gasteiger partial charge in [0.15, 0.2) is 0 Å². The number of halogens is 1. The van der Waals surface area contributed by atoms with Crippen molar-refractivity contribution in [2.24, 2.45) is 0 Å². The van der Waals surface area contributed by atoms with Crippen LogP contribution in [-0.4, -0.2) is 31.7 Å². The van der Waals surface area contributed by atoms with Crippen LogP contribution in [0.1, 0.15) is 17.5 Å². The smallest absolute Gasteiger partial charge is 0.226 e. The number of rotatable bonds is 3. The quantitative estimate of drug-likeness (QED) is 0.893. The third-order valence-corrected chi connectivity index (χ3v) is 3.31. The molecule has 0 spiro atoms. The van der Waals surface area contributed by atoms with Gasteiger partial charge in [-0.25, -0.2) is 0 Å². The Balaban J connectivity index is 0.00000180. The lowest BCUT2D eigenvalue weighted by atomic mass is 10.1. The normalized spacial score (nSPS) is 18.5. The summed E-state index contributed by atoms with van der Waals surface area (Å²) in [6.07, 6.45) is 0.452. The van der Waals surface area contributed by atoms with Gasteiger partial charge >= 0.3 is 0 Å². The fourth-order valence-corrected chi connectivity index (χ4v) is 2.06. The molecule has 1 unspecified atom stereocenters. The van der Waals surface area contributed by atoms with E-state index in [0.29, 0.717) is 13.0 Å². The van der Waals surface area contributed by atoms with E-state index in [4.69, 9.17) is 4.74 Å². The van der Waals surface area contributed by atoms with Crippen molar-refractivity contribution in [2.45, 2.75) is 26.3 Å². The highest BCUT2D eigenvalue weighted by Gasteiger charge is 2.17. The average molecular weight is 285 g/mol. The Hall–Kier alpha value is -1.10. The van der Waals surface area contributed by atoms with Crippen molar-refractivity contribution in [2.75, 3.05) is 25.1 Å². The number of carbonyl (C=O) groups is 1. The molecule has 1 heterocycles. The first-order chi connectivity index (χ1) is 8.66. The molecule has 0 radical (unpaired) electrons. The molecule has 1 saturated heterocycles. The molecule has 106 valence electrons. The van der Waals surface area contributed by atoms with Crippen LogP contribution in [0, 0.1) is 13.8 Å². The van der Waals surface area contributed by atoms with Gasteiger partial charge in [-0.1, -0.05) is 12.1 Å². The van der Waals surface area contributed by atoms with Crippen LogP contribution in [0.3, 0.4) is 0 Å². The Kier molecular flexibility index (Phi) is 6.28. The summed E-state index contributed by atoms with van der Waals surface area (Å²) < 4.78 is 5.33. The van der Waals surface area contributed by atoms with Crippen molar-refractivity contribution >= 4 is 24.0 Å². The zero-order valence-corrected chi connectivity index (χ0v) is 12.2. The van der Waals surface area contributed by atoms with Gasteiger partial charge < -0.3 is 15.4 Å². The fourth-order valence-electron chi connectivity index (χ4n) is 2.06. The molecule has 1 atom stereocenters. The summed E-state index contributed by atoms with van der Waals surface area (Å²) in [4.78, 5) is 11.9. The number of benzene rings is 1. The van der Waals surface area contributed by atoms with Crippen LogP contribution < -0.4 is 10.6 Å². The number of nitrogens with one attached hydrogen (secondary N) is 2. The molecule has 0 aromatic heterocycles. The van der Waals surface area contributed by atoms with Crippen LogP contribution >= 0.6 is 12.4 Å². The molecule has 0 saturated carbocycles. The predicted octanol–water partition coefficient (Wildman–Crippen LogP) is 2.04. The van der Waals surface area contributed by atoms with Gasteiger partial charge in [0, 0.05) is 24.7 Å². The minimum absolute atomic E-state index is 0. The first kappa shape index (κ1) is 16.0. The van der Waals surface area contributed by atoms with Gasteiger partial charge in [0.2, 0.25) is 5.91 Å². The Bertz CT molecular complexity index is 431. The molecule has 5 heteroatoms. The van der Waals surface area contributed by atoms with Crippen LogP contribution in [0.15, 0.2) is 18.2 Å². The number of hydrogen-bond acceptors (Lipinski definition) is 3. The van der Waals surface area contributed by atoms with Crippen molar-refractivity contribution in [3.8, 4) is 0 Å². The van der Waals surface area contributed by atoms with Gasteiger partial charge in [-0.2, -0.15) is 0 Å². The summed E-state index contributed by atoms with van der Waals surface area (Å²) >= 11 is 0. The number of anilines is 1. The summed E-state index contributed by atoms with van der Waals surface area (Å²) in [6.45, 7) is 6.23. The van der Waals surface area contributed by atoms with Gasteiger partial charge in [-0.3, -0.25) is 4.79 Å². The highest BCUT2D eigenvalue weighted by atomic mass is 35.5. The maximum Gasteiger partial charge on any atom is 0.226 e. The van der Waals surface area contributed by atoms with E-state index in [1.54, 1.807) is 0 Å². The minimum Gasteiger partial charge on any atom is -0.378 e. The highest BCUT2D eigenvalue weighted by Crippen LogP contribution is 2.18. The van der Waals surface area contributed by atoms with Gasteiger partial charge in [-0.05, 0) is 31.0 Å². The van der Waals surface area contributed by atoms with E-state index in [-0.39, 0.29) is 24.4 Å². The van der Waals surface area contributed by atoms with Crippen LogP contribution in [0.5, 0.6) is 0 Å². The van der Waals surface area contributed by atoms with Gasteiger partial charge in [0.1, 0.15) is 0 Å². The van der Waals surface area contributed by atoms with E-state index >= 15 is 0 Å². The lowest BCUT2D eigenvalue weighted by Gasteiger charge is -2.23. The van der Waals surface area contributed by atoms with Crippen molar-refractivity contribution in [3.05, 3.63) is 29.3 Å². The average Bonchev–Trinajstić information content (AvgIpc) is 2.36. The fraction of sp³-hybridized carbons (Fsp3) is 0.500. The monoisotopic (exact) mass is 284 g/mol. The molecule has 2 N–H and O–H groups in total. The number of aryl methyl sites for hydroxylation is 1. The van der Waals surface area contributed by atoms with Gasteiger partial charge in [0.25, 0.3) is 0 Å². The number of carbonyl (C=O) groups excluding carboxylic acids is 1. The van der Waals surface area contributed by atoms with Crippen LogP contribution in [0.2, 0.25) is 0 Å². The molecule has 0 aliphatic carbocycles. The van der Waals surface area contributed by atoms with Crippen molar-refractivity contribution < 1.29 is 9.53 Å². The molecular formula is C14H21ClN2O2. The number of hydrogen-bond donors (Lipinski definition) is 2. The molecule has 4 nitrogen and oxygen atoms in total. The van der Waals surface area contributed by atoms with Gasteiger partial charge in [0.05, 0.1) is 13.2 Å². The Morgan fingerprint density at radius 3 is 2.95 bits per heavy atom. The van der Waals surface area contributed by atoms with Gasteiger partial charge in [-0.15, -0.1) is 12.4 Å². The molecule has 0 bridgehead atoms. The standard InChI is InChI=1S/C14H20N2O2.ClH/c1-10-4-3-5-13(11(10)2)16-14(17)8-12-9-18-7-6-15-12;/h3-5,12,15H,6-9H2,1-2H3,(H,16,17);1H. The number of amides is 1. The summed E-state index contributed by atoms with van der Waals surface area (Å²) in [7, 11) is 0. The molecule has 2 rings (SSSR count). The summed E-state index contributed by atoms with van der Waals surface area (Å²) in [5.41, 5.74) is 3.21. The second kappa shape index (κ2) is 7.48.